The largest absolute Gasteiger partial charge is 0.383 e. The number of pyridine rings is 1. The number of carbonyl (C=O) groups excluding carboxylic acids is 1. The van der Waals surface area contributed by atoms with Crippen molar-refractivity contribution >= 4 is 5.91 Å². The van der Waals surface area contributed by atoms with E-state index >= 15 is 0 Å². The van der Waals surface area contributed by atoms with Crippen LogP contribution in [0.3, 0.4) is 0 Å². The van der Waals surface area contributed by atoms with Crippen LogP contribution in [0.4, 0.5) is 0 Å². The van der Waals surface area contributed by atoms with Gasteiger partial charge in [-0.1, -0.05) is 60.7 Å². The van der Waals surface area contributed by atoms with Gasteiger partial charge in [0.05, 0.1) is 12.6 Å². The van der Waals surface area contributed by atoms with E-state index in [4.69, 9.17) is 4.74 Å². The van der Waals surface area contributed by atoms with Gasteiger partial charge in [0.1, 0.15) is 0 Å². The molecule has 0 aliphatic carbocycles. The number of nitrogens with one attached hydrogen (secondary N) is 1. The lowest BCUT2D eigenvalue weighted by Gasteiger charge is -2.25. The summed E-state index contributed by atoms with van der Waals surface area (Å²) in [5.74, 6) is 0.0721. The minimum Gasteiger partial charge on any atom is -0.383 e. The van der Waals surface area contributed by atoms with E-state index in [1.54, 1.807) is 18.2 Å². The quantitative estimate of drug-likeness (QED) is 0.562. The molecule has 5 heteroatoms. The first-order valence-electron chi connectivity index (χ1n) is 10.2. The fourth-order valence-corrected chi connectivity index (χ4v) is 3.29. The lowest BCUT2D eigenvalue weighted by atomic mass is 10.0. The van der Waals surface area contributed by atoms with E-state index in [2.05, 4.69) is 46.7 Å². The molecule has 1 atom stereocenters. The van der Waals surface area contributed by atoms with E-state index < -0.39 is 0 Å². The van der Waals surface area contributed by atoms with Crippen LogP contribution >= 0.6 is 0 Å². The summed E-state index contributed by atoms with van der Waals surface area (Å²) in [7, 11) is 3.47. The first-order valence-corrected chi connectivity index (χ1v) is 10.2. The minimum absolute atomic E-state index is 0.0721. The summed E-state index contributed by atoms with van der Waals surface area (Å²) in [5.41, 5.74) is 4.49. The summed E-state index contributed by atoms with van der Waals surface area (Å²) in [6.45, 7) is 1.72. The normalized spacial score (nSPS) is 11.8. The van der Waals surface area contributed by atoms with E-state index in [-0.39, 0.29) is 11.9 Å². The van der Waals surface area contributed by atoms with Crippen molar-refractivity contribution < 1.29 is 9.53 Å². The third-order valence-electron chi connectivity index (χ3n) is 5.09. The number of nitrogens with zero attached hydrogens (tertiary/aromatic N) is 2. The Bertz CT molecular complexity index is 899. The van der Waals surface area contributed by atoms with E-state index in [0.29, 0.717) is 26.1 Å². The lowest BCUT2D eigenvalue weighted by Crippen LogP contribution is -2.46. The smallest absolute Gasteiger partial charge is 0.239 e. The number of methoxy groups -OCH3 is 1. The number of benzene rings is 2. The second-order valence-corrected chi connectivity index (χ2v) is 7.31. The SMILES string of the molecule is COCCN(C)C(=O)C(Cc1ccccc1)NCc1ccc(-c2cccnc2)cc1. The van der Waals surface area contributed by atoms with Crippen LogP contribution < -0.4 is 5.32 Å². The Labute approximate surface area is 178 Å². The number of carbonyl (C=O) groups is 1. The molecule has 1 N–H and O–H groups in total. The van der Waals surface area contributed by atoms with Crippen LogP contribution in [0.1, 0.15) is 11.1 Å². The van der Waals surface area contributed by atoms with Crippen LogP contribution in [0, 0.1) is 0 Å². The van der Waals surface area contributed by atoms with Crippen molar-refractivity contribution in [1.29, 1.82) is 0 Å². The van der Waals surface area contributed by atoms with Gasteiger partial charge in [0.15, 0.2) is 0 Å². The van der Waals surface area contributed by atoms with E-state index in [0.717, 1.165) is 22.3 Å². The molecule has 156 valence electrons. The van der Waals surface area contributed by atoms with Crippen molar-refractivity contribution in [2.75, 3.05) is 27.3 Å². The number of amides is 1. The van der Waals surface area contributed by atoms with Gasteiger partial charge in [-0.25, -0.2) is 0 Å². The molecule has 0 aliphatic rings. The number of hydrogen-bond acceptors (Lipinski definition) is 4. The summed E-state index contributed by atoms with van der Waals surface area (Å²) in [6.07, 6.45) is 4.28. The predicted molar refractivity (Wildman–Crippen MR) is 120 cm³/mol. The maximum absolute atomic E-state index is 13.0. The molecule has 0 aliphatic heterocycles. The first kappa shape index (κ1) is 21.7. The molecular weight excluding hydrogens is 374 g/mol. The van der Waals surface area contributed by atoms with Gasteiger partial charge in [-0.15, -0.1) is 0 Å². The number of aromatic nitrogens is 1. The molecule has 1 aromatic heterocycles. The number of rotatable bonds is 10. The van der Waals surface area contributed by atoms with E-state index in [9.17, 15) is 4.79 Å². The predicted octanol–water partition coefficient (Wildman–Crippen LogP) is 3.55. The number of hydrogen-bond donors (Lipinski definition) is 1. The highest BCUT2D eigenvalue weighted by atomic mass is 16.5. The van der Waals surface area contributed by atoms with Gasteiger partial charge >= 0.3 is 0 Å². The first-order chi connectivity index (χ1) is 14.7. The average Bonchev–Trinajstić information content (AvgIpc) is 2.81. The molecule has 5 nitrogen and oxygen atoms in total. The minimum atomic E-state index is -0.299. The summed E-state index contributed by atoms with van der Waals surface area (Å²) in [5, 5.41) is 3.46. The van der Waals surface area contributed by atoms with Gasteiger partial charge in [-0.3, -0.25) is 9.78 Å². The Kier molecular flexibility index (Phi) is 8.12. The highest BCUT2D eigenvalue weighted by molar-refractivity contribution is 5.82. The Hall–Kier alpha value is -3.02. The van der Waals surface area contributed by atoms with Crippen molar-refractivity contribution in [2.45, 2.75) is 19.0 Å². The molecule has 0 fully saturated rings. The Morgan fingerprint density at radius 2 is 1.77 bits per heavy atom. The van der Waals surface area contributed by atoms with Crippen LogP contribution in [-0.2, 0) is 22.5 Å². The maximum Gasteiger partial charge on any atom is 0.239 e. The number of likely N-dealkylation sites (N-methyl/N-ethyl adjacent to an activating group) is 1. The number of ether oxygens (including phenoxy) is 1. The van der Waals surface area contributed by atoms with Crippen LogP contribution in [0.5, 0.6) is 0 Å². The Balaban J connectivity index is 1.67. The second kappa shape index (κ2) is 11.2. The standard InChI is InChI=1S/C25H29N3O2/c1-28(15-16-30-2)25(29)24(17-20-7-4-3-5-8-20)27-18-21-10-12-22(13-11-21)23-9-6-14-26-19-23/h3-14,19,24,27H,15-18H2,1-2H3. The molecule has 0 saturated heterocycles. The molecule has 30 heavy (non-hydrogen) atoms. The van der Waals surface area contributed by atoms with Crippen molar-refractivity contribution in [2.24, 2.45) is 0 Å². The van der Waals surface area contributed by atoms with Gasteiger partial charge in [0.2, 0.25) is 5.91 Å². The molecule has 1 amide bonds. The molecule has 2 aromatic carbocycles. The van der Waals surface area contributed by atoms with Crippen LogP contribution in [0.25, 0.3) is 11.1 Å². The second-order valence-electron chi connectivity index (χ2n) is 7.31. The fourth-order valence-electron chi connectivity index (χ4n) is 3.29. The van der Waals surface area contributed by atoms with Crippen molar-refractivity contribution in [1.82, 2.24) is 15.2 Å². The van der Waals surface area contributed by atoms with Crippen LogP contribution in [-0.4, -0.2) is 49.1 Å². The lowest BCUT2D eigenvalue weighted by molar-refractivity contribution is -0.132. The molecule has 3 rings (SSSR count). The van der Waals surface area contributed by atoms with Gasteiger partial charge in [0, 0.05) is 39.6 Å². The van der Waals surface area contributed by atoms with E-state index in [1.807, 2.05) is 43.6 Å². The topological polar surface area (TPSA) is 54.5 Å². The Morgan fingerprint density at radius 3 is 2.43 bits per heavy atom. The average molecular weight is 404 g/mol. The zero-order valence-corrected chi connectivity index (χ0v) is 17.6. The van der Waals surface area contributed by atoms with Crippen LogP contribution in [0.2, 0.25) is 0 Å². The fraction of sp³-hybridized carbons (Fsp3) is 0.280. The zero-order valence-electron chi connectivity index (χ0n) is 17.6. The van der Waals surface area contributed by atoms with E-state index in [1.165, 1.54) is 0 Å². The summed E-state index contributed by atoms with van der Waals surface area (Å²) in [6, 6.07) is 22.1. The Morgan fingerprint density at radius 1 is 1.00 bits per heavy atom. The van der Waals surface area contributed by atoms with Crippen LogP contribution in [0.15, 0.2) is 79.1 Å². The molecule has 0 saturated carbocycles. The summed E-state index contributed by atoms with van der Waals surface area (Å²) in [4.78, 5) is 18.9. The maximum atomic E-state index is 13.0. The summed E-state index contributed by atoms with van der Waals surface area (Å²) < 4.78 is 5.12. The molecule has 0 radical (unpaired) electrons. The van der Waals surface area contributed by atoms with Gasteiger partial charge in [0.25, 0.3) is 0 Å². The van der Waals surface area contributed by atoms with Gasteiger partial charge in [-0.05, 0) is 34.7 Å². The van der Waals surface area contributed by atoms with Crippen molar-refractivity contribution in [3.05, 3.63) is 90.3 Å². The molecule has 3 aromatic rings. The molecule has 0 spiro atoms. The molecule has 1 heterocycles. The van der Waals surface area contributed by atoms with Gasteiger partial charge < -0.3 is 15.0 Å². The highest BCUT2D eigenvalue weighted by Crippen LogP contribution is 2.18. The summed E-state index contributed by atoms with van der Waals surface area (Å²) >= 11 is 0. The molecule has 0 bridgehead atoms. The highest BCUT2D eigenvalue weighted by Gasteiger charge is 2.22. The molecular formula is C25H29N3O2. The molecule has 1 unspecified atom stereocenters. The monoisotopic (exact) mass is 403 g/mol. The third kappa shape index (κ3) is 6.24. The third-order valence-corrected chi connectivity index (χ3v) is 5.09. The van der Waals surface area contributed by atoms with Crippen molar-refractivity contribution in [3.63, 3.8) is 0 Å². The zero-order chi connectivity index (χ0) is 21.2. The van der Waals surface area contributed by atoms with Gasteiger partial charge in [-0.2, -0.15) is 0 Å². The van der Waals surface area contributed by atoms with Crippen molar-refractivity contribution in [3.8, 4) is 11.1 Å².